The van der Waals surface area contributed by atoms with Crippen molar-refractivity contribution in [2.75, 3.05) is 10.6 Å². The summed E-state index contributed by atoms with van der Waals surface area (Å²) in [5, 5.41) is 14.3. The number of aryl methyl sites for hydroxylation is 1. The molecule has 2 heterocycles. The average Bonchev–Trinajstić information content (AvgIpc) is 2.97. The van der Waals surface area contributed by atoms with Crippen molar-refractivity contribution in [3.8, 4) is 11.4 Å². The van der Waals surface area contributed by atoms with Crippen LogP contribution in [0, 0.1) is 0 Å². The number of aromatic nitrogens is 3. The van der Waals surface area contributed by atoms with E-state index in [9.17, 15) is 9.59 Å². The third-order valence-corrected chi connectivity index (χ3v) is 4.98. The van der Waals surface area contributed by atoms with Crippen LogP contribution < -0.4 is 10.6 Å². The summed E-state index contributed by atoms with van der Waals surface area (Å²) in [7, 11) is 0. The van der Waals surface area contributed by atoms with Crippen molar-refractivity contribution in [2.24, 2.45) is 0 Å². The highest BCUT2D eigenvalue weighted by atomic mass is 16.2. The summed E-state index contributed by atoms with van der Waals surface area (Å²) in [6, 6.07) is 14.4. The lowest BCUT2D eigenvalue weighted by Crippen LogP contribution is -2.12. The van der Waals surface area contributed by atoms with Gasteiger partial charge in [0.05, 0.1) is 0 Å². The summed E-state index contributed by atoms with van der Waals surface area (Å²) in [5.41, 5.74) is 2.88. The molecule has 0 fully saturated rings. The number of carbonyl (C=O) groups is 2. The van der Waals surface area contributed by atoms with E-state index in [0.717, 1.165) is 43.0 Å². The molecule has 148 valence electrons. The van der Waals surface area contributed by atoms with Crippen LogP contribution in [0.2, 0.25) is 0 Å². The third kappa shape index (κ3) is 4.34. The molecule has 7 heteroatoms. The fourth-order valence-electron chi connectivity index (χ4n) is 3.51. The number of fused-ring (bicyclic) bond motifs is 1. The summed E-state index contributed by atoms with van der Waals surface area (Å²) < 4.78 is 2.21. The largest absolute Gasteiger partial charge is 0.326 e. The van der Waals surface area contributed by atoms with Gasteiger partial charge in [-0.05, 0) is 61.4 Å². The Labute approximate surface area is 169 Å². The molecule has 0 bridgehead atoms. The van der Waals surface area contributed by atoms with Crippen molar-refractivity contribution in [1.29, 1.82) is 0 Å². The van der Waals surface area contributed by atoms with Gasteiger partial charge in [0.1, 0.15) is 5.82 Å². The van der Waals surface area contributed by atoms with E-state index in [0.29, 0.717) is 16.9 Å². The molecule has 1 aliphatic heterocycles. The maximum Gasteiger partial charge on any atom is 0.255 e. The van der Waals surface area contributed by atoms with E-state index < -0.39 is 0 Å². The van der Waals surface area contributed by atoms with Gasteiger partial charge in [-0.3, -0.25) is 9.59 Å². The Hall–Kier alpha value is -3.48. The van der Waals surface area contributed by atoms with Gasteiger partial charge in [0.15, 0.2) is 5.82 Å². The summed E-state index contributed by atoms with van der Waals surface area (Å²) in [6.07, 6.45) is 4.50. The number of hydrogen-bond donors (Lipinski definition) is 2. The number of benzene rings is 2. The van der Waals surface area contributed by atoms with Gasteiger partial charge in [0, 0.05) is 42.4 Å². The number of nitrogens with one attached hydrogen (secondary N) is 2. The van der Waals surface area contributed by atoms with Crippen LogP contribution in [0.1, 0.15) is 42.4 Å². The number of anilines is 2. The molecule has 3 aromatic rings. The molecule has 7 nitrogen and oxygen atoms in total. The molecule has 0 saturated carbocycles. The second kappa shape index (κ2) is 8.26. The number of nitrogens with zero attached hydrogens (tertiary/aromatic N) is 3. The van der Waals surface area contributed by atoms with E-state index in [2.05, 4.69) is 25.4 Å². The molecule has 0 aliphatic carbocycles. The van der Waals surface area contributed by atoms with Crippen molar-refractivity contribution in [1.82, 2.24) is 14.8 Å². The molecule has 29 heavy (non-hydrogen) atoms. The Bertz CT molecular complexity index is 1020. The zero-order chi connectivity index (χ0) is 20.2. The number of amides is 2. The quantitative estimate of drug-likeness (QED) is 0.709. The summed E-state index contributed by atoms with van der Waals surface area (Å²) in [5.74, 6) is 1.58. The number of rotatable bonds is 4. The molecular weight excluding hydrogens is 366 g/mol. The SMILES string of the molecule is CC(=O)Nc1ccc(C(=O)Nc2ccc(-c3nnc4n3CCCCC4)cc2)cc1. The monoisotopic (exact) mass is 389 g/mol. The molecular formula is C22H23N5O2. The lowest BCUT2D eigenvalue weighted by Gasteiger charge is -2.09. The molecule has 0 atom stereocenters. The Balaban J connectivity index is 1.45. The van der Waals surface area contributed by atoms with Crippen LogP contribution in [0.5, 0.6) is 0 Å². The first-order chi connectivity index (χ1) is 14.1. The van der Waals surface area contributed by atoms with Crippen molar-refractivity contribution in [3.63, 3.8) is 0 Å². The van der Waals surface area contributed by atoms with Crippen LogP contribution in [-0.4, -0.2) is 26.6 Å². The molecule has 0 radical (unpaired) electrons. The average molecular weight is 389 g/mol. The van der Waals surface area contributed by atoms with E-state index in [1.165, 1.54) is 13.3 Å². The topological polar surface area (TPSA) is 88.9 Å². The number of hydrogen-bond acceptors (Lipinski definition) is 4. The van der Waals surface area contributed by atoms with Gasteiger partial charge in [0.25, 0.3) is 5.91 Å². The Morgan fingerprint density at radius 1 is 0.862 bits per heavy atom. The second-order valence-corrected chi connectivity index (χ2v) is 7.19. The fourth-order valence-corrected chi connectivity index (χ4v) is 3.51. The number of carbonyl (C=O) groups excluding carboxylic acids is 2. The molecule has 4 rings (SSSR count). The third-order valence-electron chi connectivity index (χ3n) is 4.98. The minimum atomic E-state index is -0.205. The summed E-state index contributed by atoms with van der Waals surface area (Å²) >= 11 is 0. The predicted octanol–water partition coefficient (Wildman–Crippen LogP) is 3.88. The minimum absolute atomic E-state index is 0.146. The highest BCUT2D eigenvalue weighted by Crippen LogP contribution is 2.24. The van der Waals surface area contributed by atoms with E-state index in [1.54, 1.807) is 24.3 Å². The van der Waals surface area contributed by atoms with Crippen molar-refractivity contribution >= 4 is 23.2 Å². The molecule has 2 N–H and O–H groups in total. The van der Waals surface area contributed by atoms with Crippen molar-refractivity contribution < 1.29 is 9.59 Å². The molecule has 0 spiro atoms. The zero-order valence-corrected chi connectivity index (χ0v) is 16.3. The predicted molar refractivity (Wildman–Crippen MR) is 112 cm³/mol. The van der Waals surface area contributed by atoms with Crippen LogP contribution in [0.15, 0.2) is 48.5 Å². The second-order valence-electron chi connectivity index (χ2n) is 7.19. The Kier molecular flexibility index (Phi) is 5.37. The highest BCUT2D eigenvalue weighted by molar-refractivity contribution is 6.04. The first-order valence-corrected chi connectivity index (χ1v) is 9.82. The molecule has 1 aromatic heterocycles. The van der Waals surface area contributed by atoms with Crippen molar-refractivity contribution in [2.45, 2.75) is 39.2 Å². The van der Waals surface area contributed by atoms with Crippen LogP contribution in [0.3, 0.4) is 0 Å². The maximum atomic E-state index is 12.5. The first kappa shape index (κ1) is 18.9. The van der Waals surface area contributed by atoms with E-state index in [4.69, 9.17) is 0 Å². The van der Waals surface area contributed by atoms with Crippen molar-refractivity contribution in [3.05, 3.63) is 59.9 Å². The first-order valence-electron chi connectivity index (χ1n) is 9.82. The minimum Gasteiger partial charge on any atom is -0.326 e. The summed E-state index contributed by atoms with van der Waals surface area (Å²) in [4.78, 5) is 23.5. The van der Waals surface area contributed by atoms with E-state index >= 15 is 0 Å². The van der Waals surface area contributed by atoms with Gasteiger partial charge < -0.3 is 15.2 Å². The lowest BCUT2D eigenvalue weighted by atomic mass is 10.1. The molecule has 2 amide bonds. The highest BCUT2D eigenvalue weighted by Gasteiger charge is 2.16. The van der Waals surface area contributed by atoms with Gasteiger partial charge in [-0.15, -0.1) is 10.2 Å². The van der Waals surface area contributed by atoms with E-state index in [1.807, 2.05) is 24.3 Å². The van der Waals surface area contributed by atoms with E-state index in [-0.39, 0.29) is 11.8 Å². The smallest absolute Gasteiger partial charge is 0.255 e. The normalized spacial score (nSPS) is 13.3. The zero-order valence-electron chi connectivity index (χ0n) is 16.3. The van der Waals surface area contributed by atoms with Crippen LogP contribution in [-0.2, 0) is 17.8 Å². The summed E-state index contributed by atoms with van der Waals surface area (Å²) in [6.45, 7) is 2.39. The molecule has 0 saturated heterocycles. The fraction of sp³-hybridized carbons (Fsp3) is 0.273. The van der Waals surface area contributed by atoms with Gasteiger partial charge in [-0.25, -0.2) is 0 Å². The molecule has 1 aliphatic rings. The Morgan fingerprint density at radius 2 is 1.55 bits per heavy atom. The standard InChI is InChI=1S/C22H23N5O2/c1-15(28)23-18-12-8-17(9-13-18)22(29)24-19-10-6-16(7-11-19)21-26-25-20-5-3-2-4-14-27(20)21/h6-13H,2-5,14H2,1H3,(H,23,28)(H,24,29). The Morgan fingerprint density at radius 3 is 2.28 bits per heavy atom. The lowest BCUT2D eigenvalue weighted by molar-refractivity contribution is -0.114. The van der Waals surface area contributed by atoms with Crippen LogP contribution >= 0.6 is 0 Å². The van der Waals surface area contributed by atoms with Gasteiger partial charge in [0.2, 0.25) is 5.91 Å². The van der Waals surface area contributed by atoms with Gasteiger partial charge in [-0.1, -0.05) is 6.42 Å². The molecule has 0 unspecified atom stereocenters. The van der Waals surface area contributed by atoms with Gasteiger partial charge in [-0.2, -0.15) is 0 Å². The van der Waals surface area contributed by atoms with Gasteiger partial charge >= 0.3 is 0 Å². The molecule has 2 aromatic carbocycles. The van der Waals surface area contributed by atoms with Crippen LogP contribution in [0.4, 0.5) is 11.4 Å². The maximum absolute atomic E-state index is 12.5. The van der Waals surface area contributed by atoms with Crippen LogP contribution in [0.25, 0.3) is 11.4 Å².